The smallest absolute Gasteiger partial charge is 0.410 e. The lowest BCUT2D eigenvalue weighted by Crippen LogP contribution is -2.42. The molecule has 29 heavy (non-hydrogen) atoms. The zero-order valence-electron chi connectivity index (χ0n) is 17.1. The van der Waals surface area contributed by atoms with Crippen LogP contribution >= 0.6 is 0 Å². The van der Waals surface area contributed by atoms with Crippen LogP contribution in [-0.2, 0) is 4.74 Å². The van der Waals surface area contributed by atoms with Gasteiger partial charge >= 0.3 is 6.09 Å². The number of pyridine rings is 2. The Labute approximate surface area is 170 Å². The molecule has 0 aliphatic carbocycles. The minimum atomic E-state index is -0.493. The number of carbonyl (C=O) groups excluding carboxylic acids is 1. The predicted molar refractivity (Wildman–Crippen MR) is 113 cm³/mol. The Hall–Kier alpha value is -3.09. The normalized spacial score (nSPS) is 17.5. The van der Waals surface area contributed by atoms with E-state index in [2.05, 4.69) is 5.10 Å². The minimum Gasteiger partial charge on any atom is -0.444 e. The topological polar surface area (TPSA) is 85.8 Å². The molecular formula is C22H27N5O2. The summed E-state index contributed by atoms with van der Waals surface area (Å²) in [6.07, 6.45) is 5.34. The molecule has 1 aliphatic rings. The maximum Gasteiger partial charge on any atom is 0.410 e. The third-order valence-corrected chi connectivity index (χ3v) is 5.08. The van der Waals surface area contributed by atoms with Crippen LogP contribution in [0.5, 0.6) is 0 Å². The minimum absolute atomic E-state index is 0.183. The zero-order valence-corrected chi connectivity index (χ0v) is 17.1. The van der Waals surface area contributed by atoms with Gasteiger partial charge in [-0.2, -0.15) is 5.10 Å². The molecule has 1 amide bonds. The monoisotopic (exact) mass is 393 g/mol. The van der Waals surface area contributed by atoms with Gasteiger partial charge in [-0.1, -0.05) is 6.07 Å². The summed E-state index contributed by atoms with van der Waals surface area (Å²) >= 11 is 0. The number of anilines is 1. The van der Waals surface area contributed by atoms with E-state index in [1.54, 1.807) is 9.42 Å². The van der Waals surface area contributed by atoms with Crippen molar-refractivity contribution in [3.63, 3.8) is 0 Å². The van der Waals surface area contributed by atoms with Crippen LogP contribution < -0.4 is 5.73 Å². The second kappa shape index (κ2) is 7.39. The van der Waals surface area contributed by atoms with Crippen molar-refractivity contribution in [3.8, 4) is 11.3 Å². The van der Waals surface area contributed by atoms with Gasteiger partial charge in [0.15, 0.2) is 0 Å². The van der Waals surface area contributed by atoms with Crippen LogP contribution in [0.2, 0.25) is 0 Å². The molecule has 152 valence electrons. The Kier molecular flexibility index (Phi) is 4.90. The van der Waals surface area contributed by atoms with Gasteiger partial charge in [-0.25, -0.2) is 9.31 Å². The molecule has 1 unspecified atom stereocenters. The number of carbonyl (C=O) groups is 1. The van der Waals surface area contributed by atoms with Crippen molar-refractivity contribution >= 4 is 17.3 Å². The lowest BCUT2D eigenvalue weighted by atomic mass is 9.94. The molecule has 0 radical (unpaired) electrons. The highest BCUT2D eigenvalue weighted by Gasteiger charge is 2.29. The highest BCUT2D eigenvalue weighted by atomic mass is 16.6. The molecule has 1 fully saturated rings. The number of piperidine rings is 1. The van der Waals surface area contributed by atoms with Crippen molar-refractivity contribution in [3.05, 3.63) is 48.4 Å². The van der Waals surface area contributed by atoms with Crippen LogP contribution in [0.3, 0.4) is 0 Å². The molecule has 3 aromatic heterocycles. The lowest BCUT2D eigenvalue weighted by Gasteiger charge is -2.34. The number of ether oxygens (including phenoxy) is 1. The Morgan fingerprint density at radius 1 is 1.28 bits per heavy atom. The third kappa shape index (κ3) is 4.18. The number of rotatable bonds is 2. The van der Waals surface area contributed by atoms with Gasteiger partial charge in [-0.3, -0.25) is 4.98 Å². The van der Waals surface area contributed by atoms with E-state index < -0.39 is 5.60 Å². The van der Waals surface area contributed by atoms with Crippen molar-refractivity contribution in [1.29, 1.82) is 0 Å². The van der Waals surface area contributed by atoms with Crippen LogP contribution in [-0.4, -0.2) is 44.3 Å². The Balaban J connectivity index is 1.58. The van der Waals surface area contributed by atoms with Gasteiger partial charge in [0, 0.05) is 42.1 Å². The maximum atomic E-state index is 12.5. The summed E-state index contributed by atoms with van der Waals surface area (Å²) in [6.45, 7) is 7.01. The quantitative estimate of drug-likeness (QED) is 0.709. The molecule has 0 spiro atoms. The molecule has 0 aromatic carbocycles. The standard InChI is InChI=1S/C22H27N5O2/c1-22(2,3)29-21(28)26-10-5-6-15(14-26)18-7-4-8-19(25-18)17-13-24-27-11-9-16(23)12-20(17)27/h4,7-9,11-13,15H,5-6,10,14,23H2,1-3H3. The highest BCUT2D eigenvalue weighted by molar-refractivity contribution is 5.79. The van der Waals surface area contributed by atoms with E-state index >= 15 is 0 Å². The number of fused-ring (bicyclic) bond motifs is 1. The average molecular weight is 393 g/mol. The van der Waals surface area contributed by atoms with E-state index in [1.807, 2.05) is 63.5 Å². The maximum absolute atomic E-state index is 12.5. The van der Waals surface area contributed by atoms with Crippen LogP contribution in [0.25, 0.3) is 16.8 Å². The zero-order chi connectivity index (χ0) is 20.6. The summed E-state index contributed by atoms with van der Waals surface area (Å²) in [5.41, 5.74) is 9.86. The molecule has 1 aliphatic heterocycles. The van der Waals surface area contributed by atoms with Gasteiger partial charge in [0.1, 0.15) is 5.60 Å². The van der Waals surface area contributed by atoms with Crippen LogP contribution in [0.4, 0.5) is 10.5 Å². The number of hydrogen-bond donors (Lipinski definition) is 1. The number of amides is 1. The number of hydrogen-bond acceptors (Lipinski definition) is 5. The van der Waals surface area contributed by atoms with Crippen LogP contribution in [0, 0.1) is 0 Å². The van der Waals surface area contributed by atoms with Gasteiger partial charge in [-0.05, 0) is 57.9 Å². The SMILES string of the molecule is CC(C)(C)OC(=O)N1CCCC(c2cccc(-c3cnn4ccc(N)cc34)n2)C1. The van der Waals surface area contributed by atoms with Gasteiger partial charge < -0.3 is 15.4 Å². The second-order valence-corrected chi connectivity index (χ2v) is 8.56. The highest BCUT2D eigenvalue weighted by Crippen LogP contribution is 2.30. The van der Waals surface area contributed by atoms with Crippen molar-refractivity contribution in [1.82, 2.24) is 19.5 Å². The van der Waals surface area contributed by atoms with Gasteiger partial charge in [0.2, 0.25) is 0 Å². The van der Waals surface area contributed by atoms with E-state index in [0.29, 0.717) is 12.2 Å². The fourth-order valence-electron chi connectivity index (χ4n) is 3.73. The number of nitrogen functional groups attached to an aromatic ring is 1. The molecule has 0 saturated carbocycles. The lowest BCUT2D eigenvalue weighted by molar-refractivity contribution is 0.0197. The van der Waals surface area contributed by atoms with Crippen molar-refractivity contribution in [2.24, 2.45) is 0 Å². The number of nitrogens with two attached hydrogens (primary N) is 1. The molecule has 7 nitrogen and oxygen atoms in total. The van der Waals surface area contributed by atoms with Crippen LogP contribution in [0.15, 0.2) is 42.7 Å². The van der Waals surface area contributed by atoms with Gasteiger partial charge in [0.05, 0.1) is 17.4 Å². The van der Waals surface area contributed by atoms with E-state index in [9.17, 15) is 4.79 Å². The molecule has 2 N–H and O–H groups in total. The summed E-state index contributed by atoms with van der Waals surface area (Å²) in [6, 6.07) is 9.76. The predicted octanol–water partition coefficient (Wildman–Crippen LogP) is 4.09. The fraction of sp³-hybridized carbons (Fsp3) is 0.409. The molecular weight excluding hydrogens is 366 g/mol. The van der Waals surface area contributed by atoms with Crippen molar-refractivity contribution < 1.29 is 9.53 Å². The van der Waals surface area contributed by atoms with E-state index in [1.165, 1.54) is 0 Å². The van der Waals surface area contributed by atoms with Crippen molar-refractivity contribution in [2.75, 3.05) is 18.8 Å². The van der Waals surface area contributed by atoms with Crippen LogP contribution in [0.1, 0.15) is 45.2 Å². The molecule has 3 aromatic rings. The van der Waals surface area contributed by atoms with E-state index in [0.717, 1.165) is 41.9 Å². The number of nitrogens with zero attached hydrogens (tertiary/aromatic N) is 4. The van der Waals surface area contributed by atoms with Gasteiger partial charge in [0.25, 0.3) is 0 Å². The molecule has 1 saturated heterocycles. The summed E-state index contributed by atoms with van der Waals surface area (Å²) in [5.74, 6) is 0.183. The molecule has 4 heterocycles. The largest absolute Gasteiger partial charge is 0.444 e. The summed E-state index contributed by atoms with van der Waals surface area (Å²) in [5, 5.41) is 4.40. The first-order chi connectivity index (χ1) is 13.8. The first-order valence-electron chi connectivity index (χ1n) is 9.98. The van der Waals surface area contributed by atoms with E-state index in [4.69, 9.17) is 15.5 Å². The summed E-state index contributed by atoms with van der Waals surface area (Å²) in [4.78, 5) is 19.2. The average Bonchev–Trinajstić information content (AvgIpc) is 3.10. The van der Waals surface area contributed by atoms with E-state index in [-0.39, 0.29) is 12.0 Å². The third-order valence-electron chi connectivity index (χ3n) is 5.08. The first kappa shape index (κ1) is 19.2. The summed E-state index contributed by atoms with van der Waals surface area (Å²) < 4.78 is 7.34. The molecule has 7 heteroatoms. The Morgan fingerprint density at radius 2 is 2.10 bits per heavy atom. The number of likely N-dealkylation sites (tertiary alicyclic amines) is 1. The van der Waals surface area contributed by atoms with Crippen molar-refractivity contribution in [2.45, 2.75) is 45.1 Å². The Morgan fingerprint density at radius 3 is 2.90 bits per heavy atom. The second-order valence-electron chi connectivity index (χ2n) is 8.56. The molecule has 1 atom stereocenters. The van der Waals surface area contributed by atoms with Gasteiger partial charge in [-0.15, -0.1) is 0 Å². The fourth-order valence-corrected chi connectivity index (χ4v) is 3.73. The first-order valence-corrected chi connectivity index (χ1v) is 9.98. The molecule has 4 rings (SSSR count). The summed E-state index contributed by atoms with van der Waals surface area (Å²) in [7, 11) is 0. The Bertz CT molecular complexity index is 1040. The molecule has 0 bridgehead atoms. The number of aromatic nitrogens is 3.